The predicted octanol–water partition coefficient (Wildman–Crippen LogP) is 6.55. The van der Waals surface area contributed by atoms with Gasteiger partial charge >= 0.3 is 5.97 Å². The molecular formula is C30H36N4O4S2. The zero-order chi connectivity index (χ0) is 28.1. The van der Waals surface area contributed by atoms with Crippen LogP contribution in [-0.2, 0) is 28.9 Å². The van der Waals surface area contributed by atoms with E-state index in [4.69, 9.17) is 9.47 Å². The van der Waals surface area contributed by atoms with Gasteiger partial charge in [-0.15, -0.1) is 28.1 Å². The minimum Gasteiger partial charge on any atom is -0.490 e. The number of fused-ring (bicyclic) bond motifs is 1. The number of amides is 1. The Kier molecular flexibility index (Phi) is 9.26. The van der Waals surface area contributed by atoms with Gasteiger partial charge in [-0.3, -0.25) is 9.36 Å². The summed E-state index contributed by atoms with van der Waals surface area (Å²) in [5, 5.41) is 13.0. The molecule has 1 N–H and O–H groups in total. The maximum absolute atomic E-state index is 13.1. The van der Waals surface area contributed by atoms with Crippen LogP contribution in [0.2, 0.25) is 0 Å². The van der Waals surface area contributed by atoms with Crippen molar-refractivity contribution in [3.05, 3.63) is 52.9 Å². The van der Waals surface area contributed by atoms with E-state index in [1.807, 2.05) is 28.8 Å². The molecule has 1 atom stereocenters. The molecule has 0 aliphatic heterocycles. The number of hydrogen-bond donors (Lipinski definition) is 1. The molecule has 0 bridgehead atoms. The summed E-state index contributed by atoms with van der Waals surface area (Å²) in [6.45, 7) is 8.69. The van der Waals surface area contributed by atoms with Gasteiger partial charge in [0, 0.05) is 17.0 Å². The van der Waals surface area contributed by atoms with E-state index in [2.05, 4.69) is 29.0 Å². The molecule has 212 valence electrons. The minimum atomic E-state index is -0.368. The minimum absolute atomic E-state index is 0.130. The summed E-state index contributed by atoms with van der Waals surface area (Å²) < 4.78 is 13.4. The van der Waals surface area contributed by atoms with E-state index in [9.17, 15) is 9.59 Å². The van der Waals surface area contributed by atoms with Gasteiger partial charge in [-0.05, 0) is 87.6 Å². The SMILES string of the molecule is C=CCn1c(SCC(=O)Nc2sc3c(c2C(=O)OCC)CCC(C)C3)nnc1-c1ccc(OC2CCCC2)cc1. The second kappa shape index (κ2) is 13.0. The predicted molar refractivity (Wildman–Crippen MR) is 159 cm³/mol. The van der Waals surface area contributed by atoms with Gasteiger partial charge in [0.05, 0.1) is 24.0 Å². The molecule has 1 amide bonds. The van der Waals surface area contributed by atoms with E-state index in [1.54, 1.807) is 13.0 Å². The zero-order valence-corrected chi connectivity index (χ0v) is 24.7. The number of ether oxygens (including phenoxy) is 2. The smallest absolute Gasteiger partial charge is 0.341 e. The Morgan fingerprint density at radius 3 is 2.70 bits per heavy atom. The number of benzene rings is 1. The monoisotopic (exact) mass is 580 g/mol. The van der Waals surface area contributed by atoms with Crippen LogP contribution < -0.4 is 10.1 Å². The molecule has 5 rings (SSSR count). The Bertz CT molecular complexity index is 1360. The highest BCUT2D eigenvalue weighted by Gasteiger charge is 2.29. The molecule has 2 aliphatic carbocycles. The van der Waals surface area contributed by atoms with E-state index < -0.39 is 0 Å². The number of aromatic nitrogens is 3. The number of allylic oxidation sites excluding steroid dienone is 1. The Morgan fingerprint density at radius 1 is 1.20 bits per heavy atom. The second-order valence-corrected chi connectivity index (χ2v) is 12.4. The summed E-state index contributed by atoms with van der Waals surface area (Å²) in [5.74, 6) is 1.69. The Morgan fingerprint density at radius 2 is 1.98 bits per heavy atom. The average Bonchev–Trinajstić information content (AvgIpc) is 3.67. The molecule has 8 nitrogen and oxygen atoms in total. The lowest BCUT2D eigenvalue weighted by molar-refractivity contribution is -0.113. The first-order valence-electron chi connectivity index (χ1n) is 14.0. The maximum atomic E-state index is 13.1. The van der Waals surface area contributed by atoms with E-state index in [0.717, 1.165) is 49.0 Å². The van der Waals surface area contributed by atoms with E-state index in [-0.39, 0.29) is 17.6 Å². The number of nitrogens with one attached hydrogen (secondary N) is 1. The number of thiophene rings is 1. The quantitative estimate of drug-likeness (QED) is 0.156. The number of anilines is 1. The largest absolute Gasteiger partial charge is 0.490 e. The fourth-order valence-electron chi connectivity index (χ4n) is 5.33. The first kappa shape index (κ1) is 28.4. The molecule has 2 aromatic heterocycles. The van der Waals surface area contributed by atoms with Crippen LogP contribution in [-0.4, -0.2) is 45.1 Å². The molecule has 1 unspecified atom stereocenters. The summed E-state index contributed by atoms with van der Waals surface area (Å²) in [5.41, 5.74) is 2.46. The number of carbonyl (C=O) groups is 2. The van der Waals surface area contributed by atoms with Crippen molar-refractivity contribution in [1.82, 2.24) is 14.8 Å². The zero-order valence-electron chi connectivity index (χ0n) is 23.1. The van der Waals surface area contributed by atoms with Gasteiger partial charge in [0.1, 0.15) is 10.8 Å². The number of rotatable bonds is 11. The molecule has 1 saturated carbocycles. The summed E-state index contributed by atoms with van der Waals surface area (Å²) in [6.07, 6.45) is 9.55. The number of esters is 1. The molecule has 2 heterocycles. The Hall–Kier alpha value is -3.11. The molecule has 0 radical (unpaired) electrons. The van der Waals surface area contributed by atoms with Crippen molar-refractivity contribution in [3.63, 3.8) is 0 Å². The van der Waals surface area contributed by atoms with Crippen LogP contribution in [0.3, 0.4) is 0 Å². The standard InChI is InChI=1S/C30H36N4O4S2/c1-4-16-34-27(20-11-13-22(14-12-20)38-21-8-6-7-9-21)32-33-30(34)39-18-25(35)31-28-26(29(36)37-5-2)23-15-10-19(3)17-24(23)40-28/h4,11-14,19,21H,1,5-10,15-18H2,2-3H3,(H,31,35). The van der Waals surface area contributed by atoms with Crippen molar-refractivity contribution in [2.24, 2.45) is 5.92 Å². The fraction of sp³-hybridized carbons (Fsp3) is 0.467. The van der Waals surface area contributed by atoms with Gasteiger partial charge < -0.3 is 14.8 Å². The average molecular weight is 581 g/mol. The highest BCUT2D eigenvalue weighted by atomic mass is 32.2. The Balaban J connectivity index is 1.27. The van der Waals surface area contributed by atoms with Crippen LogP contribution in [0, 0.1) is 5.92 Å². The number of thioether (sulfide) groups is 1. The van der Waals surface area contributed by atoms with E-state index in [0.29, 0.717) is 46.7 Å². The van der Waals surface area contributed by atoms with Gasteiger partial charge in [-0.25, -0.2) is 4.79 Å². The van der Waals surface area contributed by atoms with Gasteiger partial charge in [-0.2, -0.15) is 0 Å². The third kappa shape index (κ3) is 6.44. The van der Waals surface area contributed by atoms with Crippen LogP contribution in [0.1, 0.15) is 66.8 Å². The maximum Gasteiger partial charge on any atom is 0.341 e. The van der Waals surface area contributed by atoms with E-state index in [1.165, 1.54) is 40.8 Å². The summed E-state index contributed by atoms with van der Waals surface area (Å²) in [6, 6.07) is 7.93. The number of hydrogen-bond acceptors (Lipinski definition) is 8. The highest BCUT2D eigenvalue weighted by Crippen LogP contribution is 2.40. The summed E-state index contributed by atoms with van der Waals surface area (Å²) in [7, 11) is 0. The second-order valence-electron chi connectivity index (χ2n) is 10.4. The van der Waals surface area contributed by atoms with Crippen LogP contribution in [0.5, 0.6) is 5.75 Å². The van der Waals surface area contributed by atoms with Crippen molar-refractivity contribution in [2.45, 2.75) is 76.6 Å². The topological polar surface area (TPSA) is 95.3 Å². The van der Waals surface area contributed by atoms with Gasteiger partial charge in [0.25, 0.3) is 0 Å². The van der Waals surface area contributed by atoms with Crippen molar-refractivity contribution < 1.29 is 19.1 Å². The van der Waals surface area contributed by atoms with Crippen LogP contribution in [0.4, 0.5) is 5.00 Å². The third-order valence-electron chi connectivity index (χ3n) is 7.32. The van der Waals surface area contributed by atoms with Crippen molar-refractivity contribution >= 4 is 40.0 Å². The van der Waals surface area contributed by atoms with Gasteiger partial charge in [-0.1, -0.05) is 24.8 Å². The molecule has 10 heteroatoms. The molecule has 40 heavy (non-hydrogen) atoms. The molecule has 2 aliphatic rings. The molecular weight excluding hydrogens is 544 g/mol. The fourth-order valence-corrected chi connectivity index (χ4v) is 7.50. The normalized spacial score (nSPS) is 16.9. The summed E-state index contributed by atoms with van der Waals surface area (Å²) >= 11 is 2.80. The molecule has 1 fully saturated rings. The molecule has 0 spiro atoms. The van der Waals surface area contributed by atoms with Crippen LogP contribution in [0.15, 0.2) is 42.1 Å². The number of carbonyl (C=O) groups excluding carboxylic acids is 2. The third-order valence-corrected chi connectivity index (χ3v) is 9.46. The van der Waals surface area contributed by atoms with Gasteiger partial charge in [0.2, 0.25) is 5.91 Å². The molecule has 1 aromatic carbocycles. The van der Waals surface area contributed by atoms with Crippen molar-refractivity contribution in [3.8, 4) is 17.1 Å². The van der Waals surface area contributed by atoms with Crippen LogP contribution in [0.25, 0.3) is 11.4 Å². The first-order chi connectivity index (χ1) is 19.5. The van der Waals surface area contributed by atoms with Gasteiger partial charge in [0.15, 0.2) is 11.0 Å². The Labute approximate surface area is 243 Å². The number of nitrogens with zero attached hydrogens (tertiary/aromatic N) is 3. The highest BCUT2D eigenvalue weighted by molar-refractivity contribution is 7.99. The van der Waals surface area contributed by atoms with Crippen LogP contribution >= 0.6 is 23.1 Å². The van der Waals surface area contributed by atoms with Crippen molar-refractivity contribution in [1.29, 1.82) is 0 Å². The lowest BCUT2D eigenvalue weighted by atomic mass is 9.88. The molecule has 0 saturated heterocycles. The summed E-state index contributed by atoms with van der Waals surface area (Å²) in [4.78, 5) is 27.0. The lowest BCUT2D eigenvalue weighted by Gasteiger charge is -2.18. The van der Waals surface area contributed by atoms with Crippen molar-refractivity contribution in [2.75, 3.05) is 17.7 Å². The lowest BCUT2D eigenvalue weighted by Crippen LogP contribution is -2.18. The molecule has 3 aromatic rings. The first-order valence-corrected chi connectivity index (χ1v) is 15.8. The van der Waals surface area contributed by atoms with E-state index >= 15 is 0 Å².